The van der Waals surface area contributed by atoms with Crippen molar-refractivity contribution >= 4 is 39.0 Å². The maximum Gasteiger partial charge on any atom is 0.172 e. The van der Waals surface area contributed by atoms with Crippen LogP contribution in [0.3, 0.4) is 0 Å². The van der Waals surface area contributed by atoms with Crippen LogP contribution < -0.4 is 14.4 Å². The summed E-state index contributed by atoms with van der Waals surface area (Å²) in [7, 11) is 0. The number of hydrogen-bond acceptors (Lipinski definition) is 4. The van der Waals surface area contributed by atoms with Crippen LogP contribution in [0, 0.1) is 5.41 Å². The zero-order valence-corrected chi connectivity index (χ0v) is 32.8. The molecule has 13 rings (SSSR count). The van der Waals surface area contributed by atoms with Crippen molar-refractivity contribution in [2.45, 2.75) is 18.3 Å². The predicted octanol–water partition coefficient (Wildman–Crippen LogP) is 15.2. The molecule has 3 atom stereocenters. The quantitative estimate of drug-likeness (QED) is 0.178. The molecule has 2 heterocycles. The van der Waals surface area contributed by atoms with E-state index >= 15 is 0 Å². The fourth-order valence-corrected chi connectivity index (χ4v) is 11.1. The van der Waals surface area contributed by atoms with Crippen molar-refractivity contribution in [1.82, 2.24) is 0 Å². The molecule has 3 aliphatic carbocycles. The largest absolute Gasteiger partial charge is 0.456 e. The van der Waals surface area contributed by atoms with Gasteiger partial charge in [0.05, 0.1) is 22.2 Å². The van der Waals surface area contributed by atoms with Gasteiger partial charge in [0, 0.05) is 28.5 Å². The van der Waals surface area contributed by atoms with Crippen molar-refractivity contribution in [1.29, 1.82) is 0 Å². The Balaban J connectivity index is 0.973. The van der Waals surface area contributed by atoms with Crippen molar-refractivity contribution in [3.05, 3.63) is 222 Å². The number of allylic oxidation sites excluding steroid dienone is 4. The molecule has 0 amide bonds. The molecular formula is C56H37NO3. The van der Waals surface area contributed by atoms with Crippen molar-refractivity contribution in [3.63, 3.8) is 0 Å². The third kappa shape index (κ3) is 4.40. The molecule has 1 aromatic heterocycles. The lowest BCUT2D eigenvalue weighted by Gasteiger charge is -2.45. The number of hydrogen-bond donors (Lipinski definition) is 0. The summed E-state index contributed by atoms with van der Waals surface area (Å²) < 4.78 is 20.3. The summed E-state index contributed by atoms with van der Waals surface area (Å²) in [6.45, 7) is 2.44. The maximum atomic E-state index is 6.97. The fourth-order valence-electron chi connectivity index (χ4n) is 11.1. The first-order valence-corrected chi connectivity index (χ1v) is 20.7. The molecule has 0 N–H and O–H groups in total. The smallest absolute Gasteiger partial charge is 0.172 e. The zero-order chi connectivity index (χ0) is 39.6. The molecule has 8 aromatic carbocycles. The second-order valence-corrected chi connectivity index (χ2v) is 16.6. The van der Waals surface area contributed by atoms with Gasteiger partial charge < -0.3 is 18.8 Å². The first kappa shape index (κ1) is 33.4. The van der Waals surface area contributed by atoms with E-state index < -0.39 is 5.41 Å². The second kappa shape index (κ2) is 12.2. The van der Waals surface area contributed by atoms with Crippen LogP contribution in [-0.4, -0.2) is 0 Å². The number of ether oxygens (including phenoxy) is 2. The van der Waals surface area contributed by atoms with E-state index in [4.69, 9.17) is 13.9 Å². The minimum atomic E-state index is -0.406. The fraction of sp³-hybridized carbons (Fsp3) is 0.0714. The summed E-state index contributed by atoms with van der Waals surface area (Å²) >= 11 is 0. The van der Waals surface area contributed by atoms with Gasteiger partial charge in [-0.3, -0.25) is 0 Å². The monoisotopic (exact) mass is 771 g/mol. The van der Waals surface area contributed by atoms with Gasteiger partial charge in [0.1, 0.15) is 11.2 Å². The van der Waals surface area contributed by atoms with Crippen LogP contribution >= 0.6 is 0 Å². The third-order valence-electron chi connectivity index (χ3n) is 13.6. The highest BCUT2D eigenvalue weighted by Crippen LogP contribution is 2.71. The van der Waals surface area contributed by atoms with E-state index in [1.807, 2.05) is 24.3 Å². The van der Waals surface area contributed by atoms with Gasteiger partial charge >= 0.3 is 0 Å². The van der Waals surface area contributed by atoms with E-state index in [9.17, 15) is 0 Å². The van der Waals surface area contributed by atoms with E-state index in [-0.39, 0.29) is 11.3 Å². The van der Waals surface area contributed by atoms with Gasteiger partial charge in [0.2, 0.25) is 0 Å². The highest BCUT2D eigenvalue weighted by molar-refractivity contribution is 6.13. The van der Waals surface area contributed by atoms with Crippen LogP contribution in [0.4, 0.5) is 17.1 Å². The highest BCUT2D eigenvalue weighted by atomic mass is 16.6. The van der Waals surface area contributed by atoms with Crippen LogP contribution in [-0.2, 0) is 5.41 Å². The van der Waals surface area contributed by atoms with Gasteiger partial charge in [-0.15, -0.1) is 0 Å². The number of rotatable bonds is 4. The highest BCUT2D eigenvalue weighted by Gasteiger charge is 2.63. The molecule has 0 bridgehead atoms. The minimum absolute atomic E-state index is 0.228. The zero-order valence-electron chi connectivity index (χ0n) is 32.8. The van der Waals surface area contributed by atoms with Crippen LogP contribution in [0.25, 0.3) is 44.2 Å². The van der Waals surface area contributed by atoms with Gasteiger partial charge in [0.25, 0.3) is 0 Å². The summed E-state index contributed by atoms with van der Waals surface area (Å²) in [5.41, 5.74) is 14.1. The Labute approximate surface area is 347 Å². The SMILES string of the molecule is C[C@]12C=CC=CC1c1ccccc1C21c2ccccc2-c2cc3c(cc21)Oc1ccc(N(c2cccc(-c4ccccc4)c2)c2cccc4oc5ccccc5c24)cc1O3. The van der Waals surface area contributed by atoms with Gasteiger partial charge in [0.15, 0.2) is 23.0 Å². The molecule has 0 saturated carbocycles. The summed E-state index contributed by atoms with van der Waals surface area (Å²) in [5.74, 6) is 3.01. The number of para-hydroxylation sites is 1. The molecule has 4 aliphatic rings. The lowest BCUT2D eigenvalue weighted by molar-refractivity contribution is 0.292. The van der Waals surface area contributed by atoms with Crippen molar-refractivity contribution in [3.8, 4) is 45.3 Å². The summed E-state index contributed by atoms with van der Waals surface area (Å²) in [5, 5.41) is 2.12. The standard InChI is InChI=1S/C56H37NO3/c1-55-30-12-11-22-43(55)40-20-6-9-24-45(40)56(55)44-23-8-5-19-39(44)42-33-52-53(34-46(42)56)59-49-29-28-38(32-51(49)60-52)57(37-18-13-17-36(31-37)35-15-3-2-4-16-35)47-25-14-27-50-54(47)41-21-7-10-26-48(41)58-50/h2-34,43H,1H3/t43?,55-,56?/m0/s1. The van der Waals surface area contributed by atoms with E-state index in [0.29, 0.717) is 17.2 Å². The number of fused-ring (bicyclic) bond motifs is 15. The molecule has 9 aromatic rings. The lowest BCUT2D eigenvalue weighted by atomic mass is 9.56. The normalized spacial score (nSPS) is 19.9. The second-order valence-electron chi connectivity index (χ2n) is 16.6. The first-order chi connectivity index (χ1) is 29.6. The van der Waals surface area contributed by atoms with Crippen LogP contribution in [0.5, 0.6) is 23.0 Å². The van der Waals surface area contributed by atoms with Crippen LogP contribution in [0.1, 0.15) is 35.1 Å². The Hall–Kier alpha value is -7.56. The van der Waals surface area contributed by atoms with E-state index in [0.717, 1.165) is 55.9 Å². The molecule has 2 unspecified atom stereocenters. The number of anilines is 3. The van der Waals surface area contributed by atoms with Crippen molar-refractivity contribution < 1.29 is 13.9 Å². The van der Waals surface area contributed by atoms with Crippen molar-refractivity contribution in [2.75, 3.05) is 4.90 Å². The Morgan fingerprint density at radius 3 is 2.15 bits per heavy atom. The number of benzene rings is 8. The molecule has 1 aliphatic heterocycles. The topological polar surface area (TPSA) is 34.8 Å². The first-order valence-electron chi connectivity index (χ1n) is 20.7. The summed E-state index contributed by atoms with van der Waals surface area (Å²) in [6.07, 6.45) is 9.26. The molecule has 60 heavy (non-hydrogen) atoms. The average Bonchev–Trinajstić information content (AvgIpc) is 3.90. The van der Waals surface area contributed by atoms with Gasteiger partial charge in [-0.25, -0.2) is 0 Å². The summed E-state index contributed by atoms with van der Waals surface area (Å²) in [6, 6.07) is 62.5. The molecule has 0 fully saturated rings. The van der Waals surface area contributed by atoms with E-state index in [1.165, 1.54) is 33.4 Å². The Morgan fingerprint density at radius 1 is 0.500 bits per heavy atom. The van der Waals surface area contributed by atoms with E-state index in [1.54, 1.807) is 0 Å². The molecule has 0 saturated heterocycles. The minimum Gasteiger partial charge on any atom is -0.456 e. The van der Waals surface area contributed by atoms with E-state index in [2.05, 4.69) is 188 Å². The molecular weight excluding hydrogens is 735 g/mol. The number of nitrogens with zero attached hydrogens (tertiary/aromatic N) is 1. The van der Waals surface area contributed by atoms with Crippen LogP contribution in [0.15, 0.2) is 205 Å². The Kier molecular flexibility index (Phi) is 6.81. The Morgan fingerprint density at radius 2 is 1.22 bits per heavy atom. The molecule has 284 valence electrons. The molecule has 4 nitrogen and oxygen atoms in total. The predicted molar refractivity (Wildman–Crippen MR) is 241 cm³/mol. The average molecular weight is 772 g/mol. The summed E-state index contributed by atoms with van der Waals surface area (Å²) in [4.78, 5) is 2.30. The molecule has 0 radical (unpaired) electrons. The van der Waals surface area contributed by atoms with Gasteiger partial charge in [-0.1, -0.05) is 146 Å². The molecule has 4 heteroatoms. The lowest BCUT2D eigenvalue weighted by Crippen LogP contribution is -2.42. The van der Waals surface area contributed by atoms with Crippen LogP contribution in [0.2, 0.25) is 0 Å². The maximum absolute atomic E-state index is 6.97. The number of furan rings is 1. The molecule has 1 spiro atoms. The van der Waals surface area contributed by atoms with Crippen molar-refractivity contribution in [2.24, 2.45) is 5.41 Å². The van der Waals surface area contributed by atoms with Gasteiger partial charge in [-0.2, -0.15) is 0 Å². The Bertz CT molecular complexity index is 3320. The van der Waals surface area contributed by atoms with Gasteiger partial charge in [-0.05, 0) is 99.1 Å². The third-order valence-corrected chi connectivity index (χ3v) is 13.6.